The first kappa shape index (κ1) is 14.3. The van der Waals surface area contributed by atoms with Crippen molar-refractivity contribution in [2.75, 3.05) is 19.0 Å². The molecule has 0 unspecified atom stereocenters. The number of anilines is 1. The Kier molecular flexibility index (Phi) is 4.14. The highest BCUT2D eigenvalue weighted by atomic mass is 19.1. The molecule has 22 heavy (non-hydrogen) atoms. The van der Waals surface area contributed by atoms with Gasteiger partial charge in [-0.3, -0.25) is 0 Å². The Morgan fingerprint density at radius 2 is 1.91 bits per heavy atom. The summed E-state index contributed by atoms with van der Waals surface area (Å²) in [5.74, 6) is 1.16. The molecular formula is C17H16FN3O. The molecule has 0 amide bonds. The lowest BCUT2D eigenvalue weighted by molar-refractivity contribution is 0.414. The van der Waals surface area contributed by atoms with Gasteiger partial charge in [0.25, 0.3) is 0 Å². The fourth-order valence-electron chi connectivity index (χ4n) is 2.31. The average Bonchev–Trinajstić information content (AvgIpc) is 2.56. The number of nitrogens with zero attached hydrogens (tertiary/aromatic N) is 2. The Bertz CT molecular complexity index is 774. The van der Waals surface area contributed by atoms with Crippen molar-refractivity contribution in [1.29, 1.82) is 0 Å². The van der Waals surface area contributed by atoms with Crippen LogP contribution in [0.5, 0.6) is 5.75 Å². The van der Waals surface area contributed by atoms with E-state index >= 15 is 0 Å². The first-order chi connectivity index (χ1) is 10.8. The van der Waals surface area contributed by atoms with Crippen LogP contribution in [0.4, 0.5) is 10.2 Å². The first-order valence-corrected chi connectivity index (χ1v) is 7.04. The van der Waals surface area contributed by atoms with Crippen LogP contribution in [0.1, 0.15) is 5.56 Å². The molecule has 0 fully saturated rings. The van der Waals surface area contributed by atoms with Crippen LogP contribution < -0.4 is 10.1 Å². The number of nitrogens with one attached hydrogen (secondary N) is 1. The lowest BCUT2D eigenvalue weighted by Gasteiger charge is -2.09. The molecule has 0 aliphatic rings. The second-order valence-electron chi connectivity index (χ2n) is 4.88. The molecule has 5 heteroatoms. The predicted octanol–water partition coefficient (Wildman–Crippen LogP) is 3.43. The van der Waals surface area contributed by atoms with Gasteiger partial charge in [0.1, 0.15) is 29.2 Å². The van der Waals surface area contributed by atoms with Crippen molar-refractivity contribution >= 4 is 16.7 Å². The van der Waals surface area contributed by atoms with Crippen molar-refractivity contribution in [3.8, 4) is 5.75 Å². The summed E-state index contributed by atoms with van der Waals surface area (Å²) in [6.45, 7) is 0.703. The highest BCUT2D eigenvalue weighted by molar-refractivity contribution is 5.89. The van der Waals surface area contributed by atoms with Crippen molar-refractivity contribution < 1.29 is 9.13 Å². The molecule has 4 nitrogen and oxygen atoms in total. The molecule has 0 saturated heterocycles. The molecule has 2 aromatic carbocycles. The molecular weight excluding hydrogens is 281 g/mol. The molecule has 0 bridgehead atoms. The van der Waals surface area contributed by atoms with Gasteiger partial charge in [0.05, 0.1) is 7.11 Å². The number of ether oxygens (including phenoxy) is 1. The van der Waals surface area contributed by atoms with E-state index in [0.717, 1.165) is 12.2 Å². The molecule has 0 aliphatic carbocycles. The van der Waals surface area contributed by atoms with E-state index in [2.05, 4.69) is 15.3 Å². The molecule has 0 atom stereocenters. The van der Waals surface area contributed by atoms with Gasteiger partial charge in [0, 0.05) is 11.9 Å². The van der Waals surface area contributed by atoms with E-state index < -0.39 is 0 Å². The maximum atomic E-state index is 13.7. The highest BCUT2D eigenvalue weighted by Crippen LogP contribution is 2.21. The third-order valence-corrected chi connectivity index (χ3v) is 3.48. The van der Waals surface area contributed by atoms with Gasteiger partial charge >= 0.3 is 0 Å². The zero-order valence-corrected chi connectivity index (χ0v) is 12.2. The van der Waals surface area contributed by atoms with Gasteiger partial charge in [0.2, 0.25) is 0 Å². The molecule has 3 aromatic rings. The minimum Gasteiger partial charge on any atom is -0.497 e. The van der Waals surface area contributed by atoms with Gasteiger partial charge in [-0.15, -0.1) is 0 Å². The summed E-state index contributed by atoms with van der Waals surface area (Å²) in [6.07, 6.45) is 2.21. The quantitative estimate of drug-likeness (QED) is 0.783. The van der Waals surface area contributed by atoms with E-state index in [1.165, 1.54) is 18.0 Å². The molecule has 1 aromatic heterocycles. The van der Waals surface area contributed by atoms with Crippen molar-refractivity contribution in [2.24, 2.45) is 0 Å². The fraction of sp³-hybridized carbons (Fsp3) is 0.176. The molecule has 112 valence electrons. The summed E-state index contributed by atoms with van der Waals surface area (Å²) in [6, 6.07) is 12.8. The van der Waals surface area contributed by atoms with Crippen molar-refractivity contribution in [2.45, 2.75) is 6.42 Å². The predicted molar refractivity (Wildman–Crippen MR) is 84.7 cm³/mol. The summed E-state index contributed by atoms with van der Waals surface area (Å²) in [7, 11) is 1.65. The summed E-state index contributed by atoms with van der Waals surface area (Å²) in [5.41, 5.74) is 1.53. The third-order valence-electron chi connectivity index (χ3n) is 3.48. The summed E-state index contributed by atoms with van der Waals surface area (Å²) in [5, 5.41) is 3.93. The molecule has 0 saturated carbocycles. The second-order valence-corrected chi connectivity index (χ2v) is 4.88. The van der Waals surface area contributed by atoms with Crippen molar-refractivity contribution in [1.82, 2.24) is 9.97 Å². The van der Waals surface area contributed by atoms with Gasteiger partial charge in [-0.05, 0) is 36.2 Å². The van der Waals surface area contributed by atoms with E-state index in [1.54, 1.807) is 13.2 Å². The molecule has 1 heterocycles. The Balaban J connectivity index is 1.70. The third kappa shape index (κ3) is 2.98. The number of para-hydroxylation sites is 1. The van der Waals surface area contributed by atoms with Gasteiger partial charge in [-0.1, -0.05) is 18.2 Å². The molecule has 0 spiro atoms. The van der Waals surface area contributed by atoms with Gasteiger partial charge in [-0.2, -0.15) is 0 Å². The average molecular weight is 297 g/mol. The van der Waals surface area contributed by atoms with Crippen LogP contribution in [0.2, 0.25) is 0 Å². The number of rotatable bonds is 5. The Labute approximate surface area is 128 Å². The number of methoxy groups -OCH3 is 1. The maximum Gasteiger partial charge on any atom is 0.149 e. The lowest BCUT2D eigenvalue weighted by atomic mass is 10.1. The van der Waals surface area contributed by atoms with E-state index in [-0.39, 0.29) is 5.82 Å². The Hall–Kier alpha value is -2.69. The van der Waals surface area contributed by atoms with Crippen LogP contribution in [0.15, 0.2) is 48.8 Å². The number of halogens is 1. The topological polar surface area (TPSA) is 47.0 Å². The van der Waals surface area contributed by atoms with Crippen LogP contribution in [0.25, 0.3) is 10.9 Å². The zero-order chi connectivity index (χ0) is 15.4. The van der Waals surface area contributed by atoms with E-state index in [9.17, 15) is 4.39 Å². The zero-order valence-electron chi connectivity index (χ0n) is 12.2. The summed E-state index contributed by atoms with van der Waals surface area (Å²) >= 11 is 0. The molecule has 1 N–H and O–H groups in total. The van der Waals surface area contributed by atoms with Gasteiger partial charge in [0.15, 0.2) is 0 Å². The fourth-order valence-corrected chi connectivity index (χ4v) is 2.31. The lowest BCUT2D eigenvalue weighted by Crippen LogP contribution is -2.07. The van der Waals surface area contributed by atoms with E-state index in [0.29, 0.717) is 23.3 Å². The molecule has 0 aliphatic heterocycles. The number of fused-ring (bicyclic) bond motifs is 1. The van der Waals surface area contributed by atoms with Gasteiger partial charge in [-0.25, -0.2) is 14.4 Å². The van der Waals surface area contributed by atoms with Gasteiger partial charge < -0.3 is 10.1 Å². The number of aromatic nitrogens is 2. The second kappa shape index (κ2) is 6.39. The Morgan fingerprint density at radius 3 is 2.68 bits per heavy atom. The van der Waals surface area contributed by atoms with E-state index in [4.69, 9.17) is 4.74 Å². The Morgan fingerprint density at radius 1 is 1.09 bits per heavy atom. The number of hydrogen-bond donors (Lipinski definition) is 1. The van der Waals surface area contributed by atoms with Crippen molar-refractivity contribution in [3.05, 3.63) is 60.2 Å². The smallest absolute Gasteiger partial charge is 0.149 e. The minimum absolute atomic E-state index is 0.335. The van der Waals surface area contributed by atoms with Crippen molar-refractivity contribution in [3.63, 3.8) is 0 Å². The summed E-state index contributed by atoms with van der Waals surface area (Å²) in [4.78, 5) is 8.18. The standard InChI is InChI=1S/C17H16FN3O/c1-22-13-7-5-12(6-8-13)9-10-19-17-14-3-2-4-15(18)16(14)20-11-21-17/h2-8,11H,9-10H2,1H3,(H,19,20,21). The normalized spacial score (nSPS) is 10.6. The van der Waals surface area contributed by atoms with Crippen LogP contribution in [-0.2, 0) is 6.42 Å². The summed E-state index contributed by atoms with van der Waals surface area (Å²) < 4.78 is 18.8. The van der Waals surface area contributed by atoms with Crippen LogP contribution in [0.3, 0.4) is 0 Å². The molecule has 0 radical (unpaired) electrons. The molecule has 3 rings (SSSR count). The van der Waals surface area contributed by atoms with Crippen LogP contribution in [-0.4, -0.2) is 23.6 Å². The highest BCUT2D eigenvalue weighted by Gasteiger charge is 2.06. The minimum atomic E-state index is -0.335. The van der Waals surface area contributed by atoms with E-state index in [1.807, 2.05) is 30.3 Å². The number of hydrogen-bond acceptors (Lipinski definition) is 4. The van der Waals surface area contributed by atoms with Crippen LogP contribution in [0, 0.1) is 5.82 Å². The maximum absolute atomic E-state index is 13.7. The SMILES string of the molecule is COc1ccc(CCNc2ncnc3c(F)cccc23)cc1. The monoisotopic (exact) mass is 297 g/mol. The van der Waals surface area contributed by atoms with Crippen LogP contribution >= 0.6 is 0 Å². The number of benzene rings is 2. The largest absolute Gasteiger partial charge is 0.497 e. The first-order valence-electron chi connectivity index (χ1n) is 7.04.